The molecule has 3 radical (unpaired) electrons. The molecule has 6 heterocycles. The van der Waals surface area contributed by atoms with E-state index in [0.717, 1.165) is 100 Å². The van der Waals surface area contributed by atoms with E-state index in [4.69, 9.17) is 10.2 Å². The molecule has 0 amide bonds. The van der Waals surface area contributed by atoms with E-state index >= 15 is 0 Å². The van der Waals surface area contributed by atoms with Crippen molar-refractivity contribution in [2.24, 2.45) is 16.2 Å². The number of allylic oxidation sites excluding steroid dienone is 40. The van der Waals surface area contributed by atoms with Crippen molar-refractivity contribution in [3.05, 3.63) is 398 Å². The van der Waals surface area contributed by atoms with Crippen LogP contribution in [0.4, 0.5) is 13.2 Å². The molecule has 124 heavy (non-hydrogen) atoms. The van der Waals surface area contributed by atoms with E-state index < -0.39 is 17.2 Å². The molecule has 13 rings (SSSR count). The van der Waals surface area contributed by atoms with Crippen LogP contribution in [0.25, 0.3) is 39.1 Å². The summed E-state index contributed by atoms with van der Waals surface area (Å²) in [5.41, 5.74) is 12.0. The van der Waals surface area contributed by atoms with Gasteiger partial charge in [-0.05, 0) is 123 Å². The third-order valence-electron chi connectivity index (χ3n) is 16.7. The molecule has 7 aromatic rings. The van der Waals surface area contributed by atoms with Gasteiger partial charge in [0.2, 0.25) is 0 Å². The summed E-state index contributed by atoms with van der Waals surface area (Å²) in [6, 6.07) is 30.7. The van der Waals surface area contributed by atoms with Gasteiger partial charge in [0.15, 0.2) is 17.3 Å². The van der Waals surface area contributed by atoms with E-state index in [-0.39, 0.29) is 174 Å². The Morgan fingerprint density at radius 3 is 1.19 bits per heavy atom. The second kappa shape index (κ2) is 61.5. The number of carbonyl (C=O) groups is 3. The number of hydrogen-bond acceptors (Lipinski definition) is 13. The first kappa shape index (κ1) is 117. The van der Waals surface area contributed by atoms with Crippen LogP contribution in [-0.4, -0.2) is 72.1 Å². The monoisotopic (exact) mass is 2750 g/mol. The molecular formula is C101H107F3Ir3N8O6Pt3-6. The second-order valence-electron chi connectivity index (χ2n) is 30.4. The molecular weight excluding hydrogens is 2640 g/mol. The van der Waals surface area contributed by atoms with Crippen LogP contribution in [0.15, 0.2) is 316 Å². The molecule has 6 aromatic heterocycles. The zero-order valence-corrected chi connectivity index (χ0v) is 86.1. The normalized spacial score (nSPS) is 14.3. The molecule has 23 heteroatoms. The van der Waals surface area contributed by atoms with Crippen LogP contribution in [-0.2, 0) is 149 Å². The van der Waals surface area contributed by atoms with Gasteiger partial charge in [0.1, 0.15) is 12.1 Å². The van der Waals surface area contributed by atoms with E-state index in [1.54, 1.807) is 18.6 Å². The molecule has 3 N–H and O–H groups in total. The van der Waals surface area contributed by atoms with Gasteiger partial charge in [-0.3, -0.25) is 14.4 Å². The fourth-order valence-corrected chi connectivity index (χ4v) is 10.3. The second-order valence-corrected chi connectivity index (χ2v) is 30.4. The quantitative estimate of drug-likeness (QED) is 0.0663. The smallest absolute Gasteiger partial charge is 0.417 e. The minimum Gasteiger partial charge on any atom is -0.512 e. The van der Waals surface area contributed by atoms with Crippen molar-refractivity contribution in [1.82, 2.24) is 39.5 Å². The standard InChI is InChI=1S/C16H13N2.C16H18N.C13H9F3N.C13H13N2.C12H10N.C11H20O2.C10H8N.2C5H8O2.3Ir.3Pt/c1-2-5-9-14(8-4-1)16-17-12-13-18(16)15-10-6-3-7-11-15;1-16(2,3)14-10-11-15(17-12-14)13-8-6-4-5-7-9-13;14-13(15,16)11-7-8-12(17-9-11)10-5-3-1-2-4-6-10;1-13(2)8-5-3-4-6-11(13)12-7-9-14-10-15-12;1-2-4-8-11(7-3-1)12-9-5-6-10-13-12;1-10(2,3)8(12)7-9(13)11(4,5)6;1-2-6-9(5-1)10-7-3-4-8-11-10;2*1-4(6)3-5(2)7;;;;;;/h1-7,10-13H,8H2;4-7,10-12H,8H2,1-3H3;1-4,7-9H,5H2;3-5,7-10H,1-2H3;1-6,9-10H,7H2;7,12H,1-6H3;1-4,7-8H,5H2;2*3,6H,1-2H3;;;;;;/q5*-1;;-1;;;;;;;;. The number of halogens is 3. The Morgan fingerprint density at radius 2 is 0.831 bits per heavy atom. The first-order chi connectivity index (χ1) is 56.0. The van der Waals surface area contributed by atoms with Crippen LogP contribution in [0.2, 0.25) is 0 Å². The third-order valence-corrected chi connectivity index (χ3v) is 16.7. The zero-order chi connectivity index (χ0) is 86.6. The van der Waals surface area contributed by atoms with Crippen molar-refractivity contribution in [1.29, 1.82) is 0 Å². The van der Waals surface area contributed by atoms with Crippen molar-refractivity contribution < 1.29 is 166 Å². The number of hydrogen-bond donors (Lipinski definition) is 3. The summed E-state index contributed by atoms with van der Waals surface area (Å²) in [6.45, 7) is 27.7. The van der Waals surface area contributed by atoms with Gasteiger partial charge in [0, 0.05) is 207 Å². The molecule has 0 saturated carbocycles. The predicted octanol–water partition coefficient (Wildman–Crippen LogP) is 24.4. The number of aliphatic hydroxyl groups is 3. The Hall–Kier alpha value is -8.88. The maximum atomic E-state index is 12.3. The predicted molar refractivity (Wildman–Crippen MR) is 472 cm³/mol. The topological polar surface area (TPSA) is 207 Å². The molecule has 0 fully saturated rings. The number of alkyl halides is 3. The molecule has 671 valence electrons. The molecule has 0 aliphatic heterocycles. The number of benzene rings is 1. The third kappa shape index (κ3) is 46.4. The fourth-order valence-electron chi connectivity index (χ4n) is 10.3. The first-order valence-electron chi connectivity index (χ1n) is 38.4. The number of carbonyl (C=O) groups excluding carboxylic acids is 3. The Labute approximate surface area is 816 Å². The Morgan fingerprint density at radius 1 is 0.419 bits per heavy atom. The van der Waals surface area contributed by atoms with Crippen LogP contribution < -0.4 is 0 Å². The van der Waals surface area contributed by atoms with Gasteiger partial charge >= 0.3 is 6.18 Å². The Bertz CT molecular complexity index is 4940. The Balaban J connectivity index is 0. The molecule has 0 bridgehead atoms. The van der Waals surface area contributed by atoms with E-state index in [9.17, 15) is 32.7 Å². The molecule has 14 nitrogen and oxygen atoms in total. The van der Waals surface area contributed by atoms with Gasteiger partial charge in [-0.25, -0.2) is 4.98 Å². The average Bonchev–Trinajstić information content (AvgIpc) is 1.70. The molecule has 0 spiro atoms. The minimum absolute atomic E-state index is 0. The molecule has 0 unspecified atom stereocenters. The van der Waals surface area contributed by atoms with Gasteiger partial charge in [-0.1, -0.05) is 186 Å². The number of rotatable bonds is 10. The number of para-hydroxylation sites is 1. The van der Waals surface area contributed by atoms with Crippen LogP contribution in [0.3, 0.4) is 0 Å². The summed E-state index contributed by atoms with van der Waals surface area (Å²) in [6.07, 6.45) is 80.0. The van der Waals surface area contributed by atoms with Crippen LogP contribution in [0.5, 0.6) is 0 Å². The SMILES string of the molecule is CC(=O)C=C(C)O.CC(=O)C=C(C)O.CC(C)(C)C(=O)C=C(O)C(C)(C)C.CC(C)(C)c1ccc(C2=[C-]C=CC=CC2)nc1.CC1(C)C=CC=C[C-]=C1c1ccncn1.FC(F)(F)c1ccc(C2=[C-]C=CC=CC2)nc1.[C-]1=C(c2ccccn2)CC=C1.[C-]1=C(c2ccccn2)CC=CC=C1.[C-]1=C(c2nccn2-c2ccccc2)CC=CC=C1.[Ir].[Ir].[Ir].[Pt].[Pt].[Pt]. The number of aromatic nitrogens is 8. The van der Waals surface area contributed by atoms with Crippen LogP contribution >= 0.6 is 0 Å². The largest absolute Gasteiger partial charge is 0.512 e. The summed E-state index contributed by atoms with van der Waals surface area (Å²) in [4.78, 5) is 61.0. The maximum absolute atomic E-state index is 12.3. The number of pyridine rings is 4. The molecule has 1 aromatic carbocycles. The van der Waals surface area contributed by atoms with Crippen molar-refractivity contribution >= 4 is 50.8 Å². The number of ketones is 3. The van der Waals surface area contributed by atoms with Gasteiger partial charge < -0.3 is 49.8 Å². The van der Waals surface area contributed by atoms with Crippen molar-refractivity contribution in [2.45, 2.75) is 148 Å². The summed E-state index contributed by atoms with van der Waals surface area (Å²) in [5, 5.41) is 26.3. The van der Waals surface area contributed by atoms with Crippen LogP contribution in [0, 0.1) is 52.7 Å². The maximum Gasteiger partial charge on any atom is 0.417 e. The average molecular weight is 2750 g/mol. The zero-order valence-electron chi connectivity index (χ0n) is 72.1. The first-order valence-corrected chi connectivity index (χ1v) is 38.4. The van der Waals surface area contributed by atoms with Gasteiger partial charge in [0.05, 0.1) is 17.1 Å². The van der Waals surface area contributed by atoms with E-state index in [0.29, 0.717) is 12.1 Å². The van der Waals surface area contributed by atoms with Crippen molar-refractivity contribution in [2.75, 3.05) is 0 Å². The summed E-state index contributed by atoms with van der Waals surface area (Å²) >= 11 is 0. The van der Waals surface area contributed by atoms with Crippen molar-refractivity contribution in [3.63, 3.8) is 0 Å². The summed E-state index contributed by atoms with van der Waals surface area (Å²) < 4.78 is 39.1. The minimum atomic E-state index is -4.34. The number of nitrogens with zero attached hydrogens (tertiary/aromatic N) is 8. The van der Waals surface area contributed by atoms with Gasteiger partial charge in [-0.15, -0.1) is 63.8 Å². The van der Waals surface area contributed by atoms with Crippen LogP contribution in [0.1, 0.15) is 181 Å². The summed E-state index contributed by atoms with van der Waals surface area (Å²) in [5.74, 6) is 0.935. The van der Waals surface area contributed by atoms with Gasteiger partial charge in [0.25, 0.3) is 0 Å². The molecule has 6 aliphatic rings. The van der Waals surface area contributed by atoms with Crippen molar-refractivity contribution in [3.8, 4) is 5.69 Å². The Kier molecular flexibility index (Phi) is 58.1. The van der Waals surface area contributed by atoms with Gasteiger partial charge in [-0.2, -0.15) is 123 Å². The fraction of sp³-hybridized carbons (Fsp3) is 0.248. The van der Waals surface area contributed by atoms with E-state index in [2.05, 4.69) is 165 Å². The molecule has 6 aliphatic carbocycles. The summed E-state index contributed by atoms with van der Waals surface area (Å²) in [7, 11) is 0. The number of imidazole rings is 1. The van der Waals surface area contributed by atoms with E-state index in [1.807, 2.05) is 230 Å². The number of aliphatic hydroxyl groups excluding tert-OH is 3. The van der Waals surface area contributed by atoms with E-state index in [1.165, 1.54) is 63.1 Å². The molecule has 0 saturated heterocycles. The molecule has 0 atom stereocenters.